The van der Waals surface area contributed by atoms with Gasteiger partial charge in [0.1, 0.15) is 5.82 Å². The molecule has 2 rings (SSSR count). The van der Waals surface area contributed by atoms with Gasteiger partial charge in [-0.05, 0) is 48.4 Å². The molecule has 0 aliphatic carbocycles. The Bertz CT molecular complexity index is 549. The lowest BCUT2D eigenvalue weighted by molar-refractivity contribution is 0.625. The van der Waals surface area contributed by atoms with Crippen LogP contribution in [0.2, 0.25) is 10.0 Å². The van der Waals surface area contributed by atoms with E-state index >= 15 is 0 Å². The topological polar surface area (TPSA) is 12.0 Å². The first-order valence-corrected chi connectivity index (χ1v) is 6.25. The minimum Gasteiger partial charge on any atom is -0.381 e. The zero-order chi connectivity index (χ0) is 13.1. The van der Waals surface area contributed by atoms with Crippen LogP contribution in [0, 0.1) is 12.7 Å². The maximum atomic E-state index is 13.0. The van der Waals surface area contributed by atoms with E-state index in [-0.39, 0.29) is 5.82 Å². The Morgan fingerprint density at radius 1 is 1.06 bits per heavy atom. The van der Waals surface area contributed by atoms with Crippen LogP contribution in [-0.4, -0.2) is 0 Å². The number of hydrogen-bond donors (Lipinski definition) is 1. The first kappa shape index (κ1) is 13.2. The van der Waals surface area contributed by atoms with Crippen LogP contribution < -0.4 is 5.32 Å². The van der Waals surface area contributed by atoms with Crippen molar-refractivity contribution in [3.63, 3.8) is 0 Å². The number of rotatable bonds is 3. The Morgan fingerprint density at radius 2 is 1.72 bits per heavy atom. The summed E-state index contributed by atoms with van der Waals surface area (Å²) in [6, 6.07) is 10.0. The molecule has 0 saturated carbocycles. The minimum absolute atomic E-state index is 0.220. The predicted molar refractivity (Wildman–Crippen MR) is 74.9 cm³/mol. The fourth-order valence-corrected chi connectivity index (χ4v) is 2.24. The van der Waals surface area contributed by atoms with E-state index in [1.165, 1.54) is 12.1 Å². The first-order valence-electron chi connectivity index (χ1n) is 5.49. The molecule has 1 N–H and O–H groups in total. The lowest BCUT2D eigenvalue weighted by Gasteiger charge is -2.10. The summed E-state index contributed by atoms with van der Waals surface area (Å²) < 4.78 is 13.0. The third-order valence-corrected chi connectivity index (χ3v) is 3.09. The highest BCUT2D eigenvalue weighted by Gasteiger charge is 2.02. The number of hydrogen-bond acceptors (Lipinski definition) is 1. The molecule has 0 bridgehead atoms. The zero-order valence-electron chi connectivity index (χ0n) is 9.81. The lowest BCUT2D eigenvalue weighted by Crippen LogP contribution is -2.01. The Labute approximate surface area is 116 Å². The largest absolute Gasteiger partial charge is 0.381 e. The van der Waals surface area contributed by atoms with E-state index in [1.807, 2.05) is 6.92 Å². The highest BCUT2D eigenvalue weighted by atomic mass is 35.5. The lowest BCUT2D eigenvalue weighted by atomic mass is 10.1. The Kier molecular flexibility index (Phi) is 4.10. The van der Waals surface area contributed by atoms with Crippen molar-refractivity contribution >= 4 is 28.9 Å². The smallest absolute Gasteiger partial charge is 0.123 e. The van der Waals surface area contributed by atoms with Crippen molar-refractivity contribution in [2.75, 3.05) is 5.32 Å². The van der Waals surface area contributed by atoms with Crippen molar-refractivity contribution < 1.29 is 4.39 Å². The van der Waals surface area contributed by atoms with Crippen molar-refractivity contribution in [3.05, 3.63) is 63.4 Å². The first-order chi connectivity index (χ1) is 8.54. The molecule has 0 aliphatic rings. The number of halogens is 3. The second-order valence-electron chi connectivity index (χ2n) is 4.08. The molecule has 4 heteroatoms. The second-order valence-corrected chi connectivity index (χ2v) is 4.96. The summed E-state index contributed by atoms with van der Waals surface area (Å²) in [5.41, 5.74) is 2.79. The maximum absolute atomic E-state index is 13.0. The molecule has 0 unspecified atom stereocenters. The molecule has 0 aromatic heterocycles. The van der Waals surface area contributed by atoms with Crippen LogP contribution in [0.5, 0.6) is 0 Å². The summed E-state index contributed by atoms with van der Waals surface area (Å²) >= 11 is 11.8. The van der Waals surface area contributed by atoms with Gasteiger partial charge >= 0.3 is 0 Å². The summed E-state index contributed by atoms with van der Waals surface area (Å²) in [4.78, 5) is 0. The van der Waals surface area contributed by atoms with Gasteiger partial charge in [0, 0.05) is 22.3 Å². The van der Waals surface area contributed by atoms with Crippen LogP contribution in [0.1, 0.15) is 11.1 Å². The highest BCUT2D eigenvalue weighted by molar-refractivity contribution is 6.35. The summed E-state index contributed by atoms with van der Waals surface area (Å²) in [6.07, 6.45) is 0. The average molecular weight is 284 g/mol. The number of anilines is 1. The summed E-state index contributed by atoms with van der Waals surface area (Å²) in [5.74, 6) is -0.220. The molecule has 0 atom stereocenters. The van der Waals surface area contributed by atoms with Gasteiger partial charge in [-0.3, -0.25) is 0 Å². The van der Waals surface area contributed by atoms with Crippen LogP contribution >= 0.6 is 23.2 Å². The van der Waals surface area contributed by atoms with Crippen LogP contribution in [0.15, 0.2) is 36.4 Å². The molecule has 0 amide bonds. The summed E-state index contributed by atoms with van der Waals surface area (Å²) in [7, 11) is 0. The molecule has 0 heterocycles. The number of benzene rings is 2. The highest BCUT2D eigenvalue weighted by Crippen LogP contribution is 2.23. The van der Waals surface area contributed by atoms with Crippen molar-refractivity contribution in [3.8, 4) is 0 Å². The van der Waals surface area contributed by atoms with E-state index < -0.39 is 0 Å². The van der Waals surface area contributed by atoms with Gasteiger partial charge in [-0.15, -0.1) is 0 Å². The van der Waals surface area contributed by atoms with Gasteiger partial charge in [-0.25, -0.2) is 4.39 Å². The Morgan fingerprint density at radius 3 is 2.33 bits per heavy atom. The fourth-order valence-electron chi connectivity index (χ4n) is 1.71. The van der Waals surface area contributed by atoms with E-state index in [4.69, 9.17) is 23.2 Å². The van der Waals surface area contributed by atoms with Crippen LogP contribution in [0.25, 0.3) is 0 Å². The Hall–Kier alpha value is -1.25. The third kappa shape index (κ3) is 3.37. The molecule has 2 aromatic carbocycles. The molecule has 0 aliphatic heterocycles. The monoisotopic (exact) mass is 283 g/mol. The van der Waals surface area contributed by atoms with Crippen LogP contribution in [-0.2, 0) is 6.54 Å². The van der Waals surface area contributed by atoms with Gasteiger partial charge < -0.3 is 5.32 Å². The maximum Gasteiger partial charge on any atom is 0.123 e. The molecule has 0 fully saturated rings. The standard InChI is InChI=1S/C14H12Cl2FN/c1-9-4-13(17)3-2-10(9)8-18-14-6-11(15)5-12(16)7-14/h2-7,18H,8H2,1H3. The second kappa shape index (κ2) is 5.59. The van der Waals surface area contributed by atoms with Crippen molar-refractivity contribution in [1.29, 1.82) is 0 Å². The van der Waals surface area contributed by atoms with E-state index in [0.29, 0.717) is 16.6 Å². The average Bonchev–Trinajstić information content (AvgIpc) is 2.26. The van der Waals surface area contributed by atoms with Crippen molar-refractivity contribution in [2.45, 2.75) is 13.5 Å². The molecule has 0 saturated heterocycles. The SMILES string of the molecule is Cc1cc(F)ccc1CNc1cc(Cl)cc(Cl)c1. The molecule has 1 nitrogen and oxygen atoms in total. The normalized spacial score (nSPS) is 10.4. The molecular formula is C14H12Cl2FN. The van der Waals surface area contributed by atoms with Crippen molar-refractivity contribution in [2.24, 2.45) is 0 Å². The van der Waals surface area contributed by atoms with E-state index in [0.717, 1.165) is 16.8 Å². The summed E-state index contributed by atoms with van der Waals surface area (Å²) in [5, 5.41) is 4.38. The fraction of sp³-hybridized carbons (Fsp3) is 0.143. The molecule has 0 spiro atoms. The number of nitrogens with one attached hydrogen (secondary N) is 1. The Balaban J connectivity index is 2.11. The van der Waals surface area contributed by atoms with Crippen LogP contribution in [0.3, 0.4) is 0 Å². The van der Waals surface area contributed by atoms with Gasteiger partial charge in [-0.1, -0.05) is 29.3 Å². The molecule has 0 radical (unpaired) electrons. The zero-order valence-corrected chi connectivity index (χ0v) is 11.3. The van der Waals surface area contributed by atoms with Gasteiger partial charge in [0.2, 0.25) is 0 Å². The van der Waals surface area contributed by atoms with E-state index in [1.54, 1.807) is 24.3 Å². The van der Waals surface area contributed by atoms with Gasteiger partial charge in [-0.2, -0.15) is 0 Å². The third-order valence-electron chi connectivity index (χ3n) is 2.65. The molecule has 2 aromatic rings. The van der Waals surface area contributed by atoms with E-state index in [9.17, 15) is 4.39 Å². The summed E-state index contributed by atoms with van der Waals surface area (Å²) in [6.45, 7) is 2.48. The van der Waals surface area contributed by atoms with Gasteiger partial charge in [0.05, 0.1) is 0 Å². The number of aryl methyl sites for hydroxylation is 1. The molecule has 18 heavy (non-hydrogen) atoms. The van der Waals surface area contributed by atoms with Gasteiger partial charge in [0.15, 0.2) is 0 Å². The van der Waals surface area contributed by atoms with Crippen molar-refractivity contribution in [1.82, 2.24) is 0 Å². The predicted octanol–water partition coefficient (Wildman–Crippen LogP) is 5.05. The van der Waals surface area contributed by atoms with E-state index in [2.05, 4.69) is 5.32 Å². The quantitative estimate of drug-likeness (QED) is 0.831. The molecular weight excluding hydrogens is 272 g/mol. The minimum atomic E-state index is -0.220. The van der Waals surface area contributed by atoms with Crippen LogP contribution in [0.4, 0.5) is 10.1 Å². The molecule has 94 valence electrons. The van der Waals surface area contributed by atoms with Gasteiger partial charge in [0.25, 0.3) is 0 Å².